The molecule has 1 heterocycles. The van der Waals surface area contributed by atoms with Crippen LogP contribution in [-0.4, -0.2) is 41.0 Å². The SMILES string of the molecule is Cc1ccc2nc(NCCN(C)C(=O)NCc3ccccc3Cl)[nH]c(=O)c2c1. The van der Waals surface area contributed by atoms with Crippen LogP contribution < -0.4 is 16.2 Å². The van der Waals surface area contributed by atoms with Gasteiger partial charge >= 0.3 is 6.03 Å². The number of halogens is 1. The smallest absolute Gasteiger partial charge is 0.317 e. The first kappa shape index (κ1) is 19.7. The number of H-pyrrole nitrogens is 1. The Morgan fingerprint density at radius 1 is 1.25 bits per heavy atom. The Bertz CT molecular complexity index is 1050. The third-order valence-electron chi connectivity index (χ3n) is 4.34. The van der Waals surface area contributed by atoms with Crippen LogP contribution in [0.4, 0.5) is 10.7 Å². The van der Waals surface area contributed by atoms with Crippen molar-refractivity contribution in [2.75, 3.05) is 25.5 Å². The standard InChI is InChI=1S/C20H22ClN5O2/c1-13-7-8-17-15(11-13)18(27)25-19(24-17)22-9-10-26(2)20(28)23-12-14-5-3-4-6-16(14)21/h3-8,11H,9-10,12H2,1-2H3,(H,23,28)(H2,22,24,25,27). The van der Waals surface area contributed by atoms with Crippen molar-refractivity contribution in [2.24, 2.45) is 0 Å². The van der Waals surface area contributed by atoms with Crippen LogP contribution in [0.3, 0.4) is 0 Å². The minimum Gasteiger partial charge on any atom is -0.354 e. The van der Waals surface area contributed by atoms with Crippen molar-refractivity contribution in [3.63, 3.8) is 0 Å². The zero-order valence-corrected chi connectivity index (χ0v) is 16.5. The van der Waals surface area contributed by atoms with E-state index in [1.54, 1.807) is 18.0 Å². The largest absolute Gasteiger partial charge is 0.354 e. The first-order valence-electron chi connectivity index (χ1n) is 8.91. The molecule has 28 heavy (non-hydrogen) atoms. The number of fused-ring (bicyclic) bond motifs is 1. The molecule has 0 bridgehead atoms. The normalized spacial score (nSPS) is 10.7. The molecule has 2 aromatic carbocycles. The van der Waals surface area contributed by atoms with E-state index in [-0.39, 0.29) is 11.6 Å². The van der Waals surface area contributed by atoms with Crippen LogP contribution in [0.25, 0.3) is 10.9 Å². The van der Waals surface area contributed by atoms with E-state index in [9.17, 15) is 9.59 Å². The summed E-state index contributed by atoms with van der Waals surface area (Å²) >= 11 is 6.09. The Morgan fingerprint density at radius 3 is 2.82 bits per heavy atom. The van der Waals surface area contributed by atoms with E-state index >= 15 is 0 Å². The van der Waals surface area contributed by atoms with Gasteiger partial charge in [0.25, 0.3) is 5.56 Å². The number of benzene rings is 2. The number of aromatic nitrogens is 2. The summed E-state index contributed by atoms with van der Waals surface area (Å²) in [5, 5.41) is 7.06. The van der Waals surface area contributed by atoms with E-state index in [1.165, 1.54) is 0 Å². The minimum absolute atomic E-state index is 0.193. The predicted molar refractivity (Wildman–Crippen MR) is 112 cm³/mol. The second kappa shape index (κ2) is 8.75. The number of anilines is 1. The molecule has 2 amide bonds. The van der Waals surface area contributed by atoms with Gasteiger partial charge in [-0.25, -0.2) is 9.78 Å². The van der Waals surface area contributed by atoms with Gasteiger partial charge in [-0.05, 0) is 30.7 Å². The van der Waals surface area contributed by atoms with Crippen molar-refractivity contribution in [1.82, 2.24) is 20.2 Å². The van der Waals surface area contributed by atoms with Crippen molar-refractivity contribution in [3.05, 3.63) is 69.0 Å². The maximum atomic E-state index is 12.2. The molecule has 0 atom stereocenters. The number of hydrogen-bond donors (Lipinski definition) is 3. The summed E-state index contributed by atoms with van der Waals surface area (Å²) in [7, 11) is 1.70. The molecule has 0 saturated carbocycles. The second-order valence-electron chi connectivity index (χ2n) is 6.53. The van der Waals surface area contributed by atoms with E-state index in [1.807, 2.05) is 43.3 Å². The number of nitrogens with zero attached hydrogens (tertiary/aromatic N) is 2. The average Bonchev–Trinajstić information content (AvgIpc) is 2.67. The maximum Gasteiger partial charge on any atom is 0.317 e. The summed E-state index contributed by atoms with van der Waals surface area (Å²) in [6, 6.07) is 12.7. The van der Waals surface area contributed by atoms with Gasteiger partial charge in [-0.1, -0.05) is 41.4 Å². The first-order chi connectivity index (χ1) is 13.4. The third kappa shape index (κ3) is 4.80. The Balaban J connectivity index is 1.52. The summed E-state index contributed by atoms with van der Waals surface area (Å²) in [6.07, 6.45) is 0. The Kier molecular flexibility index (Phi) is 6.16. The van der Waals surface area contributed by atoms with Crippen molar-refractivity contribution in [3.8, 4) is 0 Å². The van der Waals surface area contributed by atoms with Gasteiger partial charge in [0.2, 0.25) is 5.95 Å². The van der Waals surface area contributed by atoms with Crippen LogP contribution in [0.5, 0.6) is 0 Å². The van der Waals surface area contributed by atoms with Gasteiger partial charge < -0.3 is 15.5 Å². The van der Waals surface area contributed by atoms with Crippen LogP contribution in [-0.2, 0) is 6.54 Å². The summed E-state index contributed by atoms with van der Waals surface area (Å²) in [5.41, 5.74) is 2.30. The van der Waals surface area contributed by atoms with Crippen molar-refractivity contribution in [1.29, 1.82) is 0 Å². The number of amides is 2. The fourth-order valence-corrected chi connectivity index (χ4v) is 2.93. The summed E-state index contributed by atoms with van der Waals surface area (Å²) < 4.78 is 0. The molecule has 146 valence electrons. The Morgan fingerprint density at radius 2 is 2.04 bits per heavy atom. The number of aryl methyl sites for hydroxylation is 1. The van der Waals surface area contributed by atoms with Gasteiger partial charge in [0, 0.05) is 31.7 Å². The molecule has 7 nitrogen and oxygen atoms in total. The second-order valence-corrected chi connectivity index (χ2v) is 6.94. The van der Waals surface area contributed by atoms with Crippen LogP contribution in [0.15, 0.2) is 47.3 Å². The summed E-state index contributed by atoms with van der Waals surface area (Å²) in [5.74, 6) is 0.381. The molecule has 3 rings (SSSR count). The Labute approximate surface area is 167 Å². The summed E-state index contributed by atoms with van der Waals surface area (Å²) in [4.78, 5) is 33.1. The molecular weight excluding hydrogens is 378 g/mol. The van der Waals surface area contributed by atoms with E-state index in [0.717, 1.165) is 11.1 Å². The molecule has 0 aliphatic carbocycles. The van der Waals surface area contributed by atoms with Gasteiger partial charge in [0.1, 0.15) is 0 Å². The number of carbonyl (C=O) groups excluding carboxylic acids is 1. The lowest BCUT2D eigenvalue weighted by atomic mass is 10.2. The van der Waals surface area contributed by atoms with E-state index in [4.69, 9.17) is 11.6 Å². The Hall–Kier alpha value is -3.06. The quantitative estimate of drug-likeness (QED) is 0.594. The molecular formula is C20H22ClN5O2. The average molecular weight is 400 g/mol. The number of carbonyl (C=O) groups is 1. The van der Waals surface area contributed by atoms with Gasteiger partial charge in [0.15, 0.2) is 0 Å². The number of likely N-dealkylation sites (N-methyl/N-ethyl adjacent to an activating group) is 1. The van der Waals surface area contributed by atoms with Crippen molar-refractivity contribution < 1.29 is 4.79 Å². The zero-order chi connectivity index (χ0) is 20.1. The molecule has 3 N–H and O–H groups in total. The van der Waals surface area contributed by atoms with E-state index in [2.05, 4.69) is 20.6 Å². The molecule has 1 aromatic heterocycles. The van der Waals surface area contributed by atoms with Gasteiger partial charge in [0.05, 0.1) is 10.9 Å². The molecule has 3 aromatic rings. The van der Waals surface area contributed by atoms with Crippen LogP contribution in [0.2, 0.25) is 5.02 Å². The van der Waals surface area contributed by atoms with E-state index < -0.39 is 0 Å². The predicted octanol–water partition coefficient (Wildman–Crippen LogP) is 3.14. The number of hydrogen-bond acceptors (Lipinski definition) is 4. The number of nitrogens with one attached hydrogen (secondary N) is 3. The lowest BCUT2D eigenvalue weighted by molar-refractivity contribution is 0.210. The highest BCUT2D eigenvalue weighted by Crippen LogP contribution is 2.14. The fourth-order valence-electron chi connectivity index (χ4n) is 2.73. The van der Waals surface area contributed by atoms with Gasteiger partial charge in [-0.3, -0.25) is 9.78 Å². The van der Waals surface area contributed by atoms with Crippen LogP contribution >= 0.6 is 11.6 Å². The molecule has 0 aliphatic rings. The summed E-state index contributed by atoms with van der Waals surface area (Å²) in [6.45, 7) is 3.16. The highest BCUT2D eigenvalue weighted by molar-refractivity contribution is 6.31. The van der Waals surface area contributed by atoms with Gasteiger partial charge in [-0.15, -0.1) is 0 Å². The number of urea groups is 1. The maximum absolute atomic E-state index is 12.2. The molecule has 0 saturated heterocycles. The molecule has 0 radical (unpaired) electrons. The van der Waals surface area contributed by atoms with Gasteiger partial charge in [-0.2, -0.15) is 0 Å². The third-order valence-corrected chi connectivity index (χ3v) is 4.70. The lowest BCUT2D eigenvalue weighted by Crippen LogP contribution is -2.39. The molecule has 0 aliphatic heterocycles. The number of rotatable bonds is 6. The topological polar surface area (TPSA) is 90.1 Å². The van der Waals surface area contributed by atoms with Crippen LogP contribution in [0, 0.1) is 6.92 Å². The van der Waals surface area contributed by atoms with E-state index in [0.29, 0.717) is 41.5 Å². The molecule has 0 spiro atoms. The fraction of sp³-hybridized carbons (Fsp3) is 0.250. The number of aromatic amines is 1. The zero-order valence-electron chi connectivity index (χ0n) is 15.8. The monoisotopic (exact) mass is 399 g/mol. The van der Waals surface area contributed by atoms with Crippen molar-refractivity contribution in [2.45, 2.75) is 13.5 Å². The highest BCUT2D eigenvalue weighted by Gasteiger charge is 2.09. The minimum atomic E-state index is -0.211. The molecule has 0 unspecified atom stereocenters. The lowest BCUT2D eigenvalue weighted by Gasteiger charge is -2.18. The highest BCUT2D eigenvalue weighted by atomic mass is 35.5. The first-order valence-corrected chi connectivity index (χ1v) is 9.29. The molecule has 0 fully saturated rings. The van der Waals surface area contributed by atoms with Crippen LogP contribution in [0.1, 0.15) is 11.1 Å². The van der Waals surface area contributed by atoms with Crippen molar-refractivity contribution >= 4 is 34.5 Å². The molecule has 8 heteroatoms.